The molecule has 0 fully saturated rings. The number of halogens is 1. The van der Waals surface area contributed by atoms with Crippen molar-refractivity contribution in [1.82, 2.24) is 4.98 Å². The van der Waals surface area contributed by atoms with Crippen molar-refractivity contribution < 1.29 is 9.13 Å². The Morgan fingerprint density at radius 3 is 2.72 bits per heavy atom. The van der Waals surface area contributed by atoms with E-state index in [1.165, 1.54) is 47.4 Å². The first-order valence-corrected chi connectivity index (χ1v) is 9.47. The van der Waals surface area contributed by atoms with Gasteiger partial charge >= 0.3 is 0 Å². The molecule has 1 aromatic heterocycles. The minimum atomic E-state index is -0.222. The molecule has 0 aliphatic heterocycles. The molecular weight excluding hydrogens is 333 g/mol. The van der Waals surface area contributed by atoms with Crippen LogP contribution in [0, 0.1) is 12.7 Å². The molecule has 2 nitrogen and oxygen atoms in total. The summed E-state index contributed by atoms with van der Waals surface area (Å²) in [6.07, 6.45) is 4.39. The number of benzene rings is 2. The van der Waals surface area contributed by atoms with E-state index >= 15 is 0 Å². The van der Waals surface area contributed by atoms with Gasteiger partial charge in [-0.15, -0.1) is 11.3 Å². The molecule has 128 valence electrons. The van der Waals surface area contributed by atoms with Crippen molar-refractivity contribution in [3.8, 4) is 16.3 Å². The summed E-state index contributed by atoms with van der Waals surface area (Å²) in [5.41, 5.74) is 4.92. The van der Waals surface area contributed by atoms with Crippen molar-refractivity contribution in [2.75, 3.05) is 6.61 Å². The molecule has 0 radical (unpaired) electrons. The van der Waals surface area contributed by atoms with E-state index < -0.39 is 0 Å². The van der Waals surface area contributed by atoms with Crippen molar-refractivity contribution in [1.29, 1.82) is 0 Å². The molecule has 1 aliphatic rings. The lowest BCUT2D eigenvalue weighted by atomic mass is 10.1. The fraction of sp³-hybridized carbons (Fsp3) is 0.286. The highest BCUT2D eigenvalue weighted by Crippen LogP contribution is 2.29. The molecule has 0 bridgehead atoms. The van der Waals surface area contributed by atoms with Gasteiger partial charge in [-0.2, -0.15) is 0 Å². The van der Waals surface area contributed by atoms with Crippen LogP contribution in [0.15, 0.2) is 42.5 Å². The van der Waals surface area contributed by atoms with Crippen LogP contribution in [0.5, 0.6) is 5.75 Å². The molecule has 0 N–H and O–H groups in total. The molecule has 1 heterocycles. The minimum Gasteiger partial charge on any atom is -0.493 e. The van der Waals surface area contributed by atoms with Gasteiger partial charge in [0.2, 0.25) is 0 Å². The Balaban J connectivity index is 1.40. The van der Waals surface area contributed by atoms with E-state index in [9.17, 15) is 4.39 Å². The molecule has 2 aromatic carbocycles. The molecule has 0 spiro atoms. The van der Waals surface area contributed by atoms with Crippen LogP contribution in [0.3, 0.4) is 0 Å². The predicted molar refractivity (Wildman–Crippen MR) is 99.9 cm³/mol. The van der Waals surface area contributed by atoms with Gasteiger partial charge in [0.05, 0.1) is 12.3 Å². The Morgan fingerprint density at radius 1 is 1.08 bits per heavy atom. The quantitative estimate of drug-likeness (QED) is 0.615. The third kappa shape index (κ3) is 3.59. The van der Waals surface area contributed by atoms with Gasteiger partial charge in [-0.1, -0.05) is 6.07 Å². The second kappa shape index (κ2) is 6.96. The number of hydrogen-bond donors (Lipinski definition) is 0. The second-order valence-electron chi connectivity index (χ2n) is 6.41. The maximum absolute atomic E-state index is 13.1. The highest BCUT2D eigenvalue weighted by molar-refractivity contribution is 7.15. The van der Waals surface area contributed by atoms with Crippen LogP contribution in [-0.4, -0.2) is 11.6 Å². The lowest BCUT2D eigenvalue weighted by Gasteiger charge is -2.07. The molecule has 0 saturated heterocycles. The van der Waals surface area contributed by atoms with E-state index in [1.807, 2.05) is 0 Å². The van der Waals surface area contributed by atoms with Crippen molar-refractivity contribution in [2.24, 2.45) is 0 Å². The summed E-state index contributed by atoms with van der Waals surface area (Å²) in [6.45, 7) is 2.70. The van der Waals surface area contributed by atoms with Gasteiger partial charge in [0.15, 0.2) is 0 Å². The third-order valence-electron chi connectivity index (χ3n) is 4.66. The van der Waals surface area contributed by atoms with E-state index in [0.29, 0.717) is 6.61 Å². The Kier molecular flexibility index (Phi) is 4.53. The first-order chi connectivity index (χ1) is 12.2. The number of ether oxygens (including phenoxy) is 1. The zero-order valence-electron chi connectivity index (χ0n) is 14.2. The molecule has 0 unspecified atom stereocenters. The van der Waals surface area contributed by atoms with E-state index in [1.54, 1.807) is 23.5 Å². The van der Waals surface area contributed by atoms with Gasteiger partial charge in [0, 0.05) is 16.9 Å². The zero-order chi connectivity index (χ0) is 17.2. The summed E-state index contributed by atoms with van der Waals surface area (Å²) in [7, 11) is 0. The minimum absolute atomic E-state index is 0.222. The maximum Gasteiger partial charge on any atom is 0.123 e. The van der Waals surface area contributed by atoms with Crippen molar-refractivity contribution in [3.63, 3.8) is 0 Å². The predicted octanol–water partition coefficient (Wildman–Crippen LogP) is 5.37. The molecule has 1 aliphatic carbocycles. The van der Waals surface area contributed by atoms with Crippen LogP contribution < -0.4 is 4.74 Å². The number of rotatable bonds is 5. The number of nitrogens with zero attached hydrogens (tertiary/aromatic N) is 1. The Morgan fingerprint density at radius 2 is 1.88 bits per heavy atom. The van der Waals surface area contributed by atoms with Gasteiger partial charge in [-0.05, 0) is 73.7 Å². The summed E-state index contributed by atoms with van der Waals surface area (Å²) >= 11 is 1.65. The van der Waals surface area contributed by atoms with Crippen LogP contribution >= 0.6 is 11.3 Å². The Bertz CT molecular complexity index is 885. The average Bonchev–Trinajstić information content (AvgIpc) is 3.22. The van der Waals surface area contributed by atoms with Crippen molar-refractivity contribution >= 4 is 11.3 Å². The first-order valence-electron chi connectivity index (χ1n) is 8.66. The number of hydrogen-bond acceptors (Lipinski definition) is 3. The number of aryl methyl sites for hydroxylation is 3. The van der Waals surface area contributed by atoms with Crippen LogP contribution in [0.2, 0.25) is 0 Å². The van der Waals surface area contributed by atoms with E-state index in [2.05, 4.69) is 25.1 Å². The third-order valence-corrected chi connectivity index (χ3v) is 5.72. The lowest BCUT2D eigenvalue weighted by Crippen LogP contribution is -2.03. The Labute approximate surface area is 151 Å². The van der Waals surface area contributed by atoms with E-state index in [0.717, 1.165) is 28.4 Å². The van der Waals surface area contributed by atoms with Gasteiger partial charge in [-0.3, -0.25) is 0 Å². The Hall–Kier alpha value is -2.20. The van der Waals surface area contributed by atoms with Crippen molar-refractivity contribution in [3.05, 3.63) is 70.0 Å². The summed E-state index contributed by atoms with van der Waals surface area (Å²) < 4.78 is 19.0. The first kappa shape index (κ1) is 16.3. The monoisotopic (exact) mass is 353 g/mol. The fourth-order valence-corrected chi connectivity index (χ4v) is 4.24. The molecule has 4 rings (SSSR count). The van der Waals surface area contributed by atoms with Crippen LogP contribution in [-0.2, 0) is 19.3 Å². The number of thiazole rings is 1. The van der Waals surface area contributed by atoms with E-state index in [4.69, 9.17) is 9.72 Å². The number of aromatic nitrogens is 1. The molecular formula is C21H20FNOS. The largest absolute Gasteiger partial charge is 0.493 e. The summed E-state index contributed by atoms with van der Waals surface area (Å²) in [4.78, 5) is 5.91. The number of fused-ring (bicyclic) bond motifs is 1. The summed E-state index contributed by atoms with van der Waals surface area (Å²) in [6, 6.07) is 12.9. The van der Waals surface area contributed by atoms with Crippen LogP contribution in [0.1, 0.15) is 28.1 Å². The smallest absolute Gasteiger partial charge is 0.123 e. The van der Waals surface area contributed by atoms with Gasteiger partial charge in [-0.25, -0.2) is 9.37 Å². The molecule has 3 aromatic rings. The molecule has 0 amide bonds. The zero-order valence-corrected chi connectivity index (χ0v) is 15.0. The standard InChI is InChI=1S/C21H20FNOS/c1-14-20(23-21(25-14)16-5-8-18(22)9-6-16)11-12-24-19-10-7-15-3-2-4-17(15)13-19/h5-10,13H,2-4,11-12H2,1H3. The SMILES string of the molecule is Cc1sc(-c2ccc(F)cc2)nc1CCOc1ccc2c(c1)CCC2. The van der Waals surface area contributed by atoms with Crippen LogP contribution in [0.25, 0.3) is 10.6 Å². The molecule has 4 heteroatoms. The van der Waals surface area contributed by atoms with E-state index in [-0.39, 0.29) is 5.82 Å². The summed E-state index contributed by atoms with van der Waals surface area (Å²) in [5, 5.41) is 0.935. The van der Waals surface area contributed by atoms with Crippen molar-refractivity contribution in [2.45, 2.75) is 32.6 Å². The normalized spacial score (nSPS) is 13.0. The van der Waals surface area contributed by atoms with Crippen LogP contribution in [0.4, 0.5) is 4.39 Å². The molecule has 25 heavy (non-hydrogen) atoms. The molecule has 0 saturated carbocycles. The second-order valence-corrected chi connectivity index (χ2v) is 7.61. The highest BCUT2D eigenvalue weighted by Gasteiger charge is 2.12. The fourth-order valence-electron chi connectivity index (χ4n) is 3.28. The highest BCUT2D eigenvalue weighted by atomic mass is 32.1. The average molecular weight is 353 g/mol. The maximum atomic E-state index is 13.1. The van der Waals surface area contributed by atoms with Gasteiger partial charge in [0.1, 0.15) is 16.6 Å². The lowest BCUT2D eigenvalue weighted by molar-refractivity contribution is 0.320. The van der Waals surface area contributed by atoms with Gasteiger partial charge in [0.25, 0.3) is 0 Å². The van der Waals surface area contributed by atoms with Gasteiger partial charge < -0.3 is 4.74 Å². The summed E-state index contributed by atoms with van der Waals surface area (Å²) in [5.74, 6) is 0.729. The topological polar surface area (TPSA) is 22.1 Å². The molecule has 0 atom stereocenters.